The number of benzene rings is 1. The Hall–Kier alpha value is -0.920. The van der Waals surface area contributed by atoms with Crippen molar-refractivity contribution in [3.05, 3.63) is 30.3 Å². The molecule has 0 saturated heterocycles. The molecule has 0 heterocycles. The van der Waals surface area contributed by atoms with Gasteiger partial charge in [-0.25, -0.2) is 0 Å². The van der Waals surface area contributed by atoms with Crippen molar-refractivity contribution in [2.24, 2.45) is 0 Å². The summed E-state index contributed by atoms with van der Waals surface area (Å²) in [6.07, 6.45) is 0. The van der Waals surface area contributed by atoms with E-state index in [1.807, 2.05) is 55.6 Å². The Morgan fingerprint density at radius 1 is 1.27 bits per heavy atom. The van der Waals surface area contributed by atoms with Crippen LogP contribution in [-0.2, 0) is 4.79 Å². The van der Waals surface area contributed by atoms with E-state index in [4.69, 9.17) is 9.90 Å². The average Bonchev–Trinajstić information content (AvgIpc) is 2.36. The number of nitrogens with zero attached hydrogens (tertiary/aromatic N) is 1. The fourth-order valence-electron chi connectivity index (χ4n) is 0.856. The molecule has 0 saturated carbocycles. The number of aliphatic hydroxyl groups excluding tert-OH is 1. The molecule has 1 N–H and O–H groups in total. The third-order valence-corrected chi connectivity index (χ3v) is 1.99. The lowest BCUT2D eigenvalue weighted by atomic mass is 10.3. The first kappa shape index (κ1) is 16.5. The van der Waals surface area contributed by atoms with Crippen LogP contribution in [0.15, 0.2) is 30.3 Å². The maximum absolute atomic E-state index is 8.64. The molecule has 1 atom stereocenters. The molecule has 0 bridgehead atoms. The number of carbonyl (C=O) groups is 1. The van der Waals surface area contributed by atoms with Crippen LogP contribution in [0.25, 0.3) is 0 Å². The average molecular weight is 229 g/mol. The highest BCUT2D eigenvalue weighted by molar-refractivity contribution is 7.19. The van der Waals surface area contributed by atoms with E-state index in [0.717, 1.165) is 5.69 Å². The van der Waals surface area contributed by atoms with Crippen LogP contribution in [-0.4, -0.2) is 25.0 Å². The predicted molar refractivity (Wildman–Crippen MR) is 69.1 cm³/mol. The van der Waals surface area contributed by atoms with Gasteiger partial charge in [-0.3, -0.25) is 0 Å². The second-order valence-electron chi connectivity index (χ2n) is 2.25. The highest BCUT2D eigenvalue weighted by atomic mass is 31.0. The summed E-state index contributed by atoms with van der Waals surface area (Å²) in [5.41, 5.74) is 1.10. The molecule has 0 aromatic heterocycles. The fraction of sp³-hybridized carbons (Fsp3) is 0.364. The molecule has 0 aliphatic carbocycles. The van der Waals surface area contributed by atoms with E-state index >= 15 is 0 Å². The minimum atomic E-state index is 0.179. The van der Waals surface area contributed by atoms with Crippen LogP contribution in [0.5, 0.6) is 0 Å². The van der Waals surface area contributed by atoms with E-state index in [-0.39, 0.29) is 6.61 Å². The Kier molecular flexibility index (Phi) is 14.4. The van der Waals surface area contributed by atoms with Gasteiger partial charge >= 0.3 is 0 Å². The molecule has 86 valence electrons. The molecule has 0 spiro atoms. The Morgan fingerprint density at radius 2 is 1.73 bits per heavy atom. The molecule has 4 heteroatoms. The molecule has 15 heavy (non-hydrogen) atoms. The lowest BCUT2D eigenvalue weighted by Gasteiger charge is -2.16. The van der Waals surface area contributed by atoms with Crippen LogP contribution in [0.4, 0.5) is 5.69 Å². The van der Waals surface area contributed by atoms with Crippen molar-refractivity contribution in [3.8, 4) is 0 Å². The second-order valence-corrected chi connectivity index (χ2v) is 2.88. The quantitative estimate of drug-likeness (QED) is 0.807. The molecule has 0 aliphatic heterocycles. The Balaban J connectivity index is 0. The molecular weight excluding hydrogens is 209 g/mol. The fourth-order valence-corrected chi connectivity index (χ4v) is 1.14. The summed E-state index contributed by atoms with van der Waals surface area (Å²) in [6.45, 7) is 6.83. The summed E-state index contributed by atoms with van der Waals surface area (Å²) in [5, 5.41) is 8.64. The third kappa shape index (κ3) is 8.10. The van der Waals surface area contributed by atoms with Crippen LogP contribution in [0.2, 0.25) is 0 Å². The molecule has 1 aromatic carbocycles. The smallest absolute Gasteiger partial charge is 0.106 e. The monoisotopic (exact) mass is 229 g/mol. The number of rotatable bonds is 3. The summed E-state index contributed by atoms with van der Waals surface area (Å²) in [5.74, 6) is 0. The molecule has 0 aliphatic rings. The van der Waals surface area contributed by atoms with E-state index < -0.39 is 0 Å². The van der Waals surface area contributed by atoms with Crippen LogP contribution >= 0.6 is 9.39 Å². The molecule has 0 radical (unpaired) electrons. The van der Waals surface area contributed by atoms with Crippen molar-refractivity contribution >= 4 is 21.9 Å². The molecule has 1 aromatic rings. The minimum Gasteiger partial charge on any atom is -0.395 e. The summed E-state index contributed by atoms with van der Waals surface area (Å²) < 4.78 is 1.93. The van der Waals surface area contributed by atoms with Crippen LogP contribution < -0.4 is 4.67 Å². The van der Waals surface area contributed by atoms with Gasteiger partial charge in [-0.2, -0.15) is 0 Å². The lowest BCUT2D eigenvalue weighted by Crippen LogP contribution is -2.13. The molecule has 1 rings (SSSR count). The van der Waals surface area contributed by atoms with Gasteiger partial charge in [-0.1, -0.05) is 32.0 Å². The van der Waals surface area contributed by atoms with Gasteiger partial charge in [0.15, 0.2) is 0 Å². The maximum Gasteiger partial charge on any atom is 0.106 e. The minimum absolute atomic E-state index is 0.179. The van der Waals surface area contributed by atoms with Gasteiger partial charge in [0.05, 0.1) is 6.61 Å². The van der Waals surface area contributed by atoms with Gasteiger partial charge in [0.25, 0.3) is 0 Å². The maximum atomic E-state index is 8.64. The molecule has 3 nitrogen and oxygen atoms in total. The number of hydrogen-bond acceptors (Lipinski definition) is 3. The zero-order valence-corrected chi connectivity index (χ0v) is 10.5. The normalized spacial score (nSPS) is 7.73. The molecule has 0 fully saturated rings. The number of carbonyl (C=O) groups excluding carboxylic acids is 1. The van der Waals surface area contributed by atoms with Crippen LogP contribution in [0, 0.1) is 0 Å². The van der Waals surface area contributed by atoms with Crippen molar-refractivity contribution < 1.29 is 9.90 Å². The summed E-state index contributed by atoms with van der Waals surface area (Å²) in [6, 6.07) is 9.93. The molecular formula is C11H20NO2P. The Labute approximate surface area is 94.4 Å². The zero-order valence-electron chi connectivity index (χ0n) is 9.39. The van der Waals surface area contributed by atoms with Crippen LogP contribution in [0.1, 0.15) is 13.8 Å². The number of hydrogen-bond donors (Lipinski definition) is 1. The topological polar surface area (TPSA) is 40.5 Å². The summed E-state index contributed by atoms with van der Waals surface area (Å²) >= 11 is 0. The second kappa shape index (κ2) is 13.1. The lowest BCUT2D eigenvalue weighted by molar-refractivity contribution is -0.0979. The van der Waals surface area contributed by atoms with E-state index in [1.165, 1.54) is 0 Å². The molecule has 0 amide bonds. The van der Waals surface area contributed by atoms with Gasteiger partial charge in [0.2, 0.25) is 0 Å². The van der Waals surface area contributed by atoms with E-state index in [1.54, 1.807) is 0 Å². The first-order valence-electron chi connectivity index (χ1n) is 4.81. The van der Waals surface area contributed by atoms with Gasteiger partial charge in [-0.05, 0) is 21.5 Å². The van der Waals surface area contributed by atoms with Crippen molar-refractivity contribution in [1.82, 2.24) is 0 Å². The van der Waals surface area contributed by atoms with Crippen molar-refractivity contribution in [2.75, 3.05) is 17.8 Å². The van der Waals surface area contributed by atoms with E-state index in [9.17, 15) is 0 Å². The molecule has 1 unspecified atom stereocenters. The van der Waals surface area contributed by atoms with Crippen molar-refractivity contribution in [2.45, 2.75) is 13.8 Å². The van der Waals surface area contributed by atoms with Crippen molar-refractivity contribution in [3.63, 3.8) is 0 Å². The highest BCUT2D eigenvalue weighted by Gasteiger charge is 1.96. The Morgan fingerprint density at radius 3 is 2.13 bits per heavy atom. The zero-order chi connectivity index (χ0) is 12.1. The van der Waals surface area contributed by atoms with Gasteiger partial charge in [0, 0.05) is 12.2 Å². The number of para-hydroxylation sites is 1. The van der Waals surface area contributed by atoms with Crippen molar-refractivity contribution in [1.29, 1.82) is 0 Å². The van der Waals surface area contributed by atoms with Gasteiger partial charge in [0.1, 0.15) is 6.79 Å². The first-order valence-corrected chi connectivity index (χ1v) is 5.33. The van der Waals surface area contributed by atoms with Crippen LogP contribution in [0.3, 0.4) is 0 Å². The van der Waals surface area contributed by atoms with Gasteiger partial charge < -0.3 is 14.6 Å². The van der Waals surface area contributed by atoms with E-state index in [0.29, 0.717) is 6.54 Å². The first-order chi connectivity index (χ1) is 7.34. The number of anilines is 1. The predicted octanol–water partition coefficient (Wildman–Crippen LogP) is 2.12. The summed E-state index contributed by atoms with van der Waals surface area (Å²) in [7, 11) is 2.57. The highest BCUT2D eigenvalue weighted by Crippen LogP contribution is 2.15. The number of aliphatic hydroxyl groups is 1. The standard InChI is InChI=1S/C8H12NOP.C2H6.CH2O/c10-7-6-9(11)8-4-2-1-3-5-8;2*1-2/h1-5,10H,6-7,11H2;1-2H3;1H2. The van der Waals surface area contributed by atoms with Gasteiger partial charge in [-0.15, -0.1) is 0 Å². The summed E-state index contributed by atoms with van der Waals surface area (Å²) in [4.78, 5) is 8.00. The Bertz CT molecular complexity index is 219. The SMILES string of the molecule is C=O.CC.OCCN(P)c1ccccc1. The largest absolute Gasteiger partial charge is 0.395 e. The third-order valence-electron chi connectivity index (χ3n) is 1.43. The van der Waals surface area contributed by atoms with E-state index in [2.05, 4.69) is 9.39 Å².